The third-order valence-corrected chi connectivity index (χ3v) is 5.78. The molecule has 4 nitrogen and oxygen atoms in total. The number of halogens is 2. The first-order valence-corrected chi connectivity index (χ1v) is 10.3. The monoisotopic (exact) mass is 423 g/mol. The highest BCUT2D eigenvalue weighted by Crippen LogP contribution is 2.32. The van der Waals surface area contributed by atoms with Gasteiger partial charge in [0.1, 0.15) is 5.82 Å². The second kappa shape index (κ2) is 8.07. The average Bonchev–Trinajstić information content (AvgIpc) is 3.10. The molecule has 1 aliphatic carbocycles. The predicted molar refractivity (Wildman–Crippen MR) is 120 cm³/mol. The van der Waals surface area contributed by atoms with E-state index in [2.05, 4.69) is 36.3 Å². The summed E-state index contributed by atoms with van der Waals surface area (Å²) in [5.41, 5.74) is 7.09. The molecule has 1 aliphatic rings. The second-order valence-corrected chi connectivity index (χ2v) is 8.14. The molecule has 0 fully saturated rings. The molecule has 0 spiro atoms. The number of fused-ring (bicyclic) bond motifs is 1. The summed E-state index contributed by atoms with van der Waals surface area (Å²) >= 11 is 5.95. The Morgan fingerprint density at radius 3 is 2.77 bits per heavy atom. The van der Waals surface area contributed by atoms with Gasteiger partial charge in [0.15, 0.2) is 0 Å². The maximum Gasteiger partial charge on any atom is 0.277 e. The van der Waals surface area contributed by atoms with Gasteiger partial charge in [-0.05, 0) is 67.1 Å². The van der Waals surface area contributed by atoms with Crippen molar-refractivity contribution >= 4 is 29.3 Å². The van der Waals surface area contributed by atoms with Crippen molar-refractivity contribution in [2.45, 2.75) is 40.2 Å². The minimum absolute atomic E-state index is 0.0725. The van der Waals surface area contributed by atoms with Gasteiger partial charge in [0.25, 0.3) is 5.56 Å². The third-order valence-electron chi connectivity index (χ3n) is 5.50. The molecule has 4 rings (SSSR count). The van der Waals surface area contributed by atoms with Crippen molar-refractivity contribution in [1.29, 1.82) is 0 Å². The van der Waals surface area contributed by atoms with Crippen LogP contribution in [0, 0.1) is 12.7 Å². The van der Waals surface area contributed by atoms with E-state index < -0.39 is 5.82 Å². The van der Waals surface area contributed by atoms with E-state index in [9.17, 15) is 9.18 Å². The Morgan fingerprint density at radius 2 is 2.03 bits per heavy atom. The molecule has 0 atom stereocenters. The van der Waals surface area contributed by atoms with Crippen molar-refractivity contribution in [2.75, 3.05) is 5.32 Å². The molecule has 0 saturated carbocycles. The van der Waals surface area contributed by atoms with Gasteiger partial charge in [-0.25, -0.2) is 4.39 Å². The van der Waals surface area contributed by atoms with E-state index in [1.165, 1.54) is 22.8 Å². The lowest BCUT2D eigenvalue weighted by molar-refractivity contribution is 0.626. The fourth-order valence-corrected chi connectivity index (χ4v) is 4.03. The van der Waals surface area contributed by atoms with Gasteiger partial charge in [0.2, 0.25) is 5.95 Å². The third kappa shape index (κ3) is 3.90. The number of aromatic nitrogens is 2. The van der Waals surface area contributed by atoms with E-state index in [4.69, 9.17) is 11.6 Å². The molecule has 154 valence electrons. The fraction of sp³-hybridized carbons (Fsp3) is 0.250. The minimum Gasteiger partial charge on any atom is -0.325 e. The lowest BCUT2D eigenvalue weighted by Crippen LogP contribution is -2.21. The molecule has 6 heteroatoms. The van der Waals surface area contributed by atoms with Crippen LogP contribution in [0.3, 0.4) is 0 Å². The summed E-state index contributed by atoms with van der Waals surface area (Å²) in [4.78, 5) is 16.7. The van der Waals surface area contributed by atoms with Crippen LogP contribution >= 0.6 is 11.6 Å². The molecule has 1 aromatic heterocycles. The molecule has 2 aromatic carbocycles. The van der Waals surface area contributed by atoms with E-state index in [0.29, 0.717) is 24.5 Å². The molecule has 1 N–H and O–H groups in total. The van der Waals surface area contributed by atoms with Crippen LogP contribution in [0.2, 0.25) is 5.02 Å². The number of nitrogens with one attached hydrogen (secondary N) is 1. The largest absolute Gasteiger partial charge is 0.325 e. The number of rotatable bonds is 5. The van der Waals surface area contributed by atoms with Crippen LogP contribution in [0.5, 0.6) is 0 Å². The van der Waals surface area contributed by atoms with Gasteiger partial charge in [0, 0.05) is 17.4 Å². The van der Waals surface area contributed by atoms with Crippen molar-refractivity contribution in [1.82, 2.24) is 9.55 Å². The topological polar surface area (TPSA) is 46.9 Å². The van der Waals surface area contributed by atoms with E-state index in [0.717, 1.165) is 23.2 Å². The van der Waals surface area contributed by atoms with Gasteiger partial charge in [-0.2, -0.15) is 4.98 Å². The first-order chi connectivity index (χ1) is 14.4. The number of hydrogen-bond acceptors (Lipinski definition) is 3. The highest BCUT2D eigenvalue weighted by molar-refractivity contribution is 6.30. The Morgan fingerprint density at radius 1 is 1.23 bits per heavy atom. The van der Waals surface area contributed by atoms with Crippen LogP contribution in [-0.4, -0.2) is 9.55 Å². The van der Waals surface area contributed by atoms with E-state index in [1.807, 2.05) is 23.8 Å². The van der Waals surface area contributed by atoms with Crippen molar-refractivity contribution in [3.05, 3.63) is 91.1 Å². The lowest BCUT2D eigenvalue weighted by atomic mass is 10.0. The smallest absolute Gasteiger partial charge is 0.277 e. The van der Waals surface area contributed by atoms with Crippen LogP contribution in [0.1, 0.15) is 41.7 Å². The molecule has 1 heterocycles. The highest BCUT2D eigenvalue weighted by atomic mass is 35.5. The summed E-state index contributed by atoms with van der Waals surface area (Å²) in [7, 11) is 0. The maximum atomic E-state index is 13.5. The Bertz CT molecular complexity index is 1230. The van der Waals surface area contributed by atoms with Crippen molar-refractivity contribution in [3.8, 4) is 0 Å². The summed E-state index contributed by atoms with van der Waals surface area (Å²) in [6, 6.07) is 8.77. The average molecular weight is 424 g/mol. The number of anilines is 2. The van der Waals surface area contributed by atoms with E-state index >= 15 is 0 Å². The first kappa shape index (κ1) is 20.4. The Kier molecular flexibility index (Phi) is 5.48. The molecule has 0 unspecified atom stereocenters. The lowest BCUT2D eigenvalue weighted by Gasteiger charge is -2.18. The second-order valence-electron chi connectivity index (χ2n) is 7.73. The Balaban J connectivity index is 1.74. The van der Waals surface area contributed by atoms with Crippen molar-refractivity contribution < 1.29 is 4.39 Å². The number of aryl methyl sites for hydroxylation is 1. The summed E-state index contributed by atoms with van der Waals surface area (Å²) < 4.78 is 15.4. The predicted octanol–water partition coefficient (Wildman–Crippen LogP) is 5.66. The summed E-state index contributed by atoms with van der Waals surface area (Å²) in [6.45, 7) is 6.53. The molecule has 0 aliphatic heterocycles. The number of hydrogen-bond donors (Lipinski definition) is 1. The van der Waals surface area contributed by atoms with Gasteiger partial charge in [0.05, 0.1) is 11.6 Å². The minimum atomic E-state index is -0.455. The zero-order valence-corrected chi connectivity index (χ0v) is 18.0. The fourth-order valence-electron chi connectivity index (χ4n) is 3.83. The SMILES string of the molecule is CCc1cn(Cc2ccc(F)c(Cl)c2)c(Nc2ccc3c(c2C)C=C(C)C3)nc1=O. The van der Waals surface area contributed by atoms with Gasteiger partial charge in [-0.15, -0.1) is 0 Å². The molecular weight excluding hydrogens is 401 g/mol. The zero-order chi connectivity index (χ0) is 21.4. The number of nitrogens with zero attached hydrogens (tertiary/aromatic N) is 2. The summed E-state index contributed by atoms with van der Waals surface area (Å²) in [5.74, 6) is -0.0115. The van der Waals surface area contributed by atoms with Crippen LogP contribution in [0.15, 0.2) is 46.9 Å². The molecule has 0 amide bonds. The van der Waals surface area contributed by atoms with Gasteiger partial charge < -0.3 is 9.88 Å². The molecule has 30 heavy (non-hydrogen) atoms. The number of allylic oxidation sites excluding steroid dienone is 1. The van der Waals surface area contributed by atoms with E-state index in [-0.39, 0.29) is 10.6 Å². The molecule has 0 saturated heterocycles. The molecule has 0 radical (unpaired) electrons. The highest BCUT2D eigenvalue weighted by Gasteiger charge is 2.16. The normalized spacial score (nSPS) is 12.6. The van der Waals surface area contributed by atoms with Crippen LogP contribution in [-0.2, 0) is 19.4 Å². The first-order valence-electron chi connectivity index (χ1n) is 9.96. The zero-order valence-electron chi connectivity index (χ0n) is 17.2. The van der Waals surface area contributed by atoms with Crippen molar-refractivity contribution in [2.24, 2.45) is 0 Å². The van der Waals surface area contributed by atoms with Gasteiger partial charge in [-0.3, -0.25) is 4.79 Å². The maximum absolute atomic E-state index is 13.5. The number of benzene rings is 2. The summed E-state index contributed by atoms with van der Waals surface area (Å²) in [6.07, 6.45) is 5.56. The Hall–Kier alpha value is -2.92. The quantitative estimate of drug-likeness (QED) is 0.576. The van der Waals surface area contributed by atoms with Gasteiger partial charge in [-0.1, -0.05) is 42.3 Å². The molecule has 3 aromatic rings. The van der Waals surface area contributed by atoms with Crippen LogP contribution in [0.25, 0.3) is 6.08 Å². The Labute approximate surface area is 180 Å². The van der Waals surface area contributed by atoms with Crippen LogP contribution in [0.4, 0.5) is 16.0 Å². The van der Waals surface area contributed by atoms with E-state index in [1.54, 1.807) is 12.1 Å². The standard InChI is InChI=1S/C24H23ClFN3O/c1-4-17-13-29(12-16-5-7-21(26)20(25)11-16)24(28-23(17)30)27-22-8-6-18-9-14(2)10-19(18)15(22)3/h5-8,10-11,13H,4,9,12H2,1-3H3,(H,27,28,30). The van der Waals surface area contributed by atoms with Crippen LogP contribution < -0.4 is 10.9 Å². The van der Waals surface area contributed by atoms with Crippen molar-refractivity contribution in [3.63, 3.8) is 0 Å². The van der Waals surface area contributed by atoms with Gasteiger partial charge >= 0.3 is 0 Å². The summed E-state index contributed by atoms with van der Waals surface area (Å²) in [5, 5.41) is 3.41. The molecule has 0 bridgehead atoms. The molecular formula is C24H23ClFN3O.